The van der Waals surface area contributed by atoms with Crippen LogP contribution in [0.15, 0.2) is 48.5 Å². The summed E-state index contributed by atoms with van der Waals surface area (Å²) in [5.74, 6) is 0. The Bertz CT molecular complexity index is 795. The molecule has 0 aliphatic heterocycles. The summed E-state index contributed by atoms with van der Waals surface area (Å²) in [4.78, 5) is 11.2. The fraction of sp³-hybridized carbons (Fsp3) is 0. The molecule has 0 amide bonds. The average Bonchev–Trinajstić information content (AvgIpc) is 2.42. The van der Waals surface area contributed by atoms with Gasteiger partial charge in [0.2, 0.25) is 0 Å². The van der Waals surface area contributed by atoms with E-state index in [1.165, 1.54) is 0 Å². The molecule has 4 aliphatic rings. The van der Waals surface area contributed by atoms with Crippen LogP contribution in [0.1, 0.15) is 0 Å². The molecule has 1 nitrogen and oxygen atoms in total. The summed E-state index contributed by atoms with van der Waals surface area (Å²) in [5, 5.41) is 4.28. The number of carbonyl (C=O) groups excluding carboxylic acids is 1. The van der Waals surface area contributed by atoms with Crippen molar-refractivity contribution in [3.8, 4) is 0 Å². The van der Waals surface area contributed by atoms with Crippen LogP contribution < -0.4 is 20.9 Å². The highest BCUT2D eigenvalue weighted by molar-refractivity contribution is 6.11. The van der Waals surface area contributed by atoms with Crippen molar-refractivity contribution in [2.75, 3.05) is 0 Å². The van der Waals surface area contributed by atoms with Gasteiger partial charge in [0, 0.05) is 5.57 Å². The SMILES string of the molecule is O=CC1=c2ccc(cc2)=CC=c2ccc(cc2)=C1. The Kier molecular flexibility index (Phi) is 2.66. The first-order chi connectivity index (χ1) is 8.85. The van der Waals surface area contributed by atoms with Gasteiger partial charge in [0.1, 0.15) is 0 Å². The number of hydrogen-bond donors (Lipinski definition) is 0. The lowest BCUT2D eigenvalue weighted by molar-refractivity contribution is -0.103. The molecule has 1 heteroatoms. The maximum absolute atomic E-state index is 11.2. The fourth-order valence-electron chi connectivity index (χ4n) is 2.05. The van der Waals surface area contributed by atoms with Crippen molar-refractivity contribution in [1.29, 1.82) is 0 Å². The first kappa shape index (κ1) is 10.7. The maximum atomic E-state index is 11.2. The molecule has 2 aromatic carbocycles. The molecule has 2 aromatic rings. The minimum atomic E-state index is 0.707. The third kappa shape index (κ3) is 2.03. The summed E-state index contributed by atoms with van der Waals surface area (Å²) in [6.07, 6.45) is 6.98. The van der Waals surface area contributed by atoms with Gasteiger partial charge < -0.3 is 0 Å². The highest BCUT2D eigenvalue weighted by atomic mass is 16.1. The average molecular weight is 232 g/mol. The number of benzene rings is 2. The zero-order chi connectivity index (χ0) is 12.4. The predicted octanol–water partition coefficient (Wildman–Crippen LogP) is 0.0915. The zero-order valence-corrected chi connectivity index (χ0v) is 9.84. The summed E-state index contributed by atoms with van der Waals surface area (Å²) in [5.41, 5.74) is 0.707. The molecule has 0 N–H and O–H groups in total. The van der Waals surface area contributed by atoms with Crippen LogP contribution in [0, 0.1) is 0 Å². The molecule has 0 saturated heterocycles. The second kappa shape index (κ2) is 4.46. The van der Waals surface area contributed by atoms with Crippen molar-refractivity contribution in [1.82, 2.24) is 0 Å². The molecular weight excluding hydrogens is 220 g/mol. The predicted molar refractivity (Wildman–Crippen MR) is 74.3 cm³/mol. The zero-order valence-electron chi connectivity index (χ0n) is 9.84. The summed E-state index contributed by atoms with van der Waals surface area (Å²) in [6.45, 7) is 0. The number of hydrogen-bond acceptors (Lipinski definition) is 1. The van der Waals surface area contributed by atoms with E-state index in [1.807, 2.05) is 42.5 Å². The molecular formula is C17H12O. The highest BCUT2D eigenvalue weighted by Crippen LogP contribution is 1.90. The molecule has 0 atom stereocenters. The van der Waals surface area contributed by atoms with E-state index in [2.05, 4.69) is 24.3 Å². The normalized spacial score (nSPS) is 12.8. The van der Waals surface area contributed by atoms with E-state index >= 15 is 0 Å². The molecule has 4 aliphatic carbocycles. The van der Waals surface area contributed by atoms with Crippen LogP contribution in [0.4, 0.5) is 0 Å². The summed E-state index contributed by atoms with van der Waals surface area (Å²) in [7, 11) is 0. The quantitative estimate of drug-likeness (QED) is 0.637. The highest BCUT2D eigenvalue weighted by Gasteiger charge is 1.93. The smallest absolute Gasteiger partial charge is 0.150 e. The molecule has 4 bridgehead atoms. The van der Waals surface area contributed by atoms with Gasteiger partial charge in [-0.15, -0.1) is 0 Å². The second-order valence-electron chi connectivity index (χ2n) is 4.34. The van der Waals surface area contributed by atoms with Gasteiger partial charge in [0.15, 0.2) is 6.29 Å². The van der Waals surface area contributed by atoms with Gasteiger partial charge in [-0.3, -0.25) is 4.79 Å². The summed E-state index contributed by atoms with van der Waals surface area (Å²) in [6, 6.07) is 16.2. The van der Waals surface area contributed by atoms with Gasteiger partial charge in [0.25, 0.3) is 0 Å². The molecule has 0 unspecified atom stereocenters. The minimum Gasteiger partial charge on any atom is -0.298 e. The van der Waals surface area contributed by atoms with Crippen molar-refractivity contribution < 1.29 is 4.79 Å². The molecule has 0 spiro atoms. The lowest BCUT2D eigenvalue weighted by Gasteiger charge is -1.95. The van der Waals surface area contributed by atoms with Crippen LogP contribution in [-0.2, 0) is 4.79 Å². The van der Waals surface area contributed by atoms with Crippen LogP contribution in [0.5, 0.6) is 0 Å². The Labute approximate surface area is 105 Å². The first-order valence-corrected chi connectivity index (χ1v) is 5.91. The van der Waals surface area contributed by atoms with Gasteiger partial charge in [-0.2, -0.15) is 0 Å². The van der Waals surface area contributed by atoms with E-state index in [1.54, 1.807) is 0 Å². The molecule has 0 fully saturated rings. The van der Waals surface area contributed by atoms with E-state index in [9.17, 15) is 4.79 Å². The first-order valence-electron chi connectivity index (χ1n) is 5.91. The van der Waals surface area contributed by atoms with Crippen LogP contribution >= 0.6 is 0 Å². The third-order valence-electron chi connectivity index (χ3n) is 3.10. The molecule has 0 radical (unpaired) electrons. The molecule has 86 valence electrons. The van der Waals surface area contributed by atoms with Crippen molar-refractivity contribution >= 4 is 30.1 Å². The summed E-state index contributed by atoms with van der Waals surface area (Å²) >= 11 is 0. The van der Waals surface area contributed by atoms with E-state index < -0.39 is 0 Å². The molecule has 0 saturated carbocycles. The van der Waals surface area contributed by atoms with Crippen molar-refractivity contribution in [3.63, 3.8) is 0 Å². The Hall–Kier alpha value is -2.41. The maximum Gasteiger partial charge on any atom is 0.150 e. The van der Waals surface area contributed by atoms with Gasteiger partial charge in [-0.25, -0.2) is 0 Å². The van der Waals surface area contributed by atoms with Crippen molar-refractivity contribution in [2.45, 2.75) is 0 Å². The molecule has 6 rings (SSSR count). The Balaban J connectivity index is 2.49. The van der Waals surface area contributed by atoms with Gasteiger partial charge in [-0.1, -0.05) is 60.7 Å². The van der Waals surface area contributed by atoms with Crippen LogP contribution in [0.3, 0.4) is 0 Å². The molecule has 18 heavy (non-hydrogen) atoms. The van der Waals surface area contributed by atoms with Gasteiger partial charge in [-0.05, 0) is 27.0 Å². The number of carbonyl (C=O) groups is 1. The largest absolute Gasteiger partial charge is 0.298 e. The topological polar surface area (TPSA) is 17.1 Å². The monoisotopic (exact) mass is 232 g/mol. The molecule has 0 heterocycles. The minimum absolute atomic E-state index is 0.707. The van der Waals surface area contributed by atoms with Crippen LogP contribution in [0.2, 0.25) is 0 Å². The lowest BCUT2D eigenvalue weighted by atomic mass is 10.1. The van der Waals surface area contributed by atoms with E-state index in [0.29, 0.717) is 5.57 Å². The standard InChI is InChI=1S/C17H12O/c18-12-17-11-15-5-3-13(4-6-15)1-2-14-7-9-16(17)10-8-14/h1-12H. The van der Waals surface area contributed by atoms with Gasteiger partial charge >= 0.3 is 0 Å². The van der Waals surface area contributed by atoms with Crippen molar-refractivity contribution in [3.05, 3.63) is 69.4 Å². The lowest BCUT2D eigenvalue weighted by Crippen LogP contribution is -2.14. The van der Waals surface area contributed by atoms with E-state index in [4.69, 9.17) is 0 Å². The third-order valence-corrected chi connectivity index (χ3v) is 3.10. The Morgan fingerprint density at radius 3 is 1.72 bits per heavy atom. The van der Waals surface area contributed by atoms with Crippen LogP contribution in [-0.4, -0.2) is 6.29 Å². The fourth-order valence-corrected chi connectivity index (χ4v) is 2.05. The number of rotatable bonds is 1. The number of aldehydes is 1. The molecule has 0 aromatic heterocycles. The Morgan fingerprint density at radius 2 is 1.17 bits per heavy atom. The van der Waals surface area contributed by atoms with E-state index in [-0.39, 0.29) is 0 Å². The Morgan fingerprint density at radius 1 is 0.667 bits per heavy atom. The van der Waals surface area contributed by atoms with Crippen molar-refractivity contribution in [2.24, 2.45) is 0 Å². The van der Waals surface area contributed by atoms with Gasteiger partial charge in [0.05, 0.1) is 0 Å². The van der Waals surface area contributed by atoms with Crippen LogP contribution in [0.25, 0.3) is 23.8 Å². The second-order valence-corrected chi connectivity index (χ2v) is 4.34. The summed E-state index contributed by atoms with van der Waals surface area (Å²) < 4.78 is 0. The van der Waals surface area contributed by atoms with E-state index in [0.717, 1.165) is 27.2 Å².